The van der Waals surface area contributed by atoms with Crippen LogP contribution < -0.4 is 0 Å². The van der Waals surface area contributed by atoms with Gasteiger partial charge in [-0.15, -0.1) is 0 Å². The second-order valence-corrected chi connectivity index (χ2v) is 10.4. The number of hydrogen-bond acceptors (Lipinski definition) is 3. The molecule has 1 N–H and O–H groups in total. The second kappa shape index (κ2) is 11.5. The lowest BCUT2D eigenvalue weighted by atomic mass is 9.56. The van der Waals surface area contributed by atoms with Crippen LogP contribution in [0, 0.1) is 29.1 Å². The fraction of sp³-hybridized carbons (Fsp3) is 0.571. The first-order chi connectivity index (χ1) is 15.0. The van der Waals surface area contributed by atoms with E-state index in [1.54, 1.807) is 16.7 Å². The van der Waals surface area contributed by atoms with Gasteiger partial charge in [-0.25, -0.2) is 0 Å². The summed E-state index contributed by atoms with van der Waals surface area (Å²) in [5.41, 5.74) is 4.64. The minimum Gasteiger partial charge on any atom is -0.377 e. The van der Waals surface area contributed by atoms with Gasteiger partial charge in [-0.1, -0.05) is 48.6 Å². The molecule has 35 heavy (non-hydrogen) atoms. The number of rotatable bonds is 0. The molecule has 5 aliphatic rings. The van der Waals surface area contributed by atoms with Crippen molar-refractivity contribution < 1.29 is 14.6 Å². The number of aliphatic hydroxyl groups is 1. The average molecular weight is 553 g/mol. The summed E-state index contributed by atoms with van der Waals surface area (Å²) in [6, 6.07) is 10.1. The molecule has 0 unspecified atom stereocenters. The van der Waals surface area contributed by atoms with E-state index in [-0.39, 0.29) is 65.2 Å². The van der Waals surface area contributed by atoms with Gasteiger partial charge in [0.1, 0.15) is 5.60 Å². The van der Waals surface area contributed by atoms with E-state index in [2.05, 4.69) is 24.8 Å². The van der Waals surface area contributed by atoms with Gasteiger partial charge in [-0.05, 0) is 73.6 Å². The van der Waals surface area contributed by atoms with Crippen molar-refractivity contribution in [3.63, 3.8) is 0 Å². The van der Waals surface area contributed by atoms with Crippen LogP contribution in [0.15, 0.2) is 53.1 Å². The molecule has 1 saturated heterocycles. The van der Waals surface area contributed by atoms with Gasteiger partial charge in [-0.3, -0.25) is 0 Å². The SMILES string of the molecule is C[C@]12CC=C3C4=C(CC[C@H]3[C@@H]1CC[C@@]2(O)C#Cc1ccccc1)CC1(CC4)OCCO1.S.S.S.S. The van der Waals surface area contributed by atoms with Gasteiger partial charge < -0.3 is 14.6 Å². The number of benzene rings is 1. The Bertz CT molecular complexity index is 1020. The Morgan fingerprint density at radius 3 is 2.37 bits per heavy atom. The predicted molar refractivity (Wildman–Crippen MR) is 162 cm³/mol. The summed E-state index contributed by atoms with van der Waals surface area (Å²) in [5, 5.41) is 11.7. The smallest absolute Gasteiger partial charge is 0.172 e. The van der Waals surface area contributed by atoms with E-state index in [1.165, 1.54) is 6.42 Å². The quantitative estimate of drug-likeness (QED) is 0.426. The first kappa shape index (κ1) is 30.8. The fourth-order valence-corrected chi connectivity index (χ4v) is 7.21. The molecule has 4 aliphatic carbocycles. The lowest BCUT2D eigenvalue weighted by Crippen LogP contribution is -2.48. The third-order valence-electron chi connectivity index (χ3n) is 8.98. The number of hydrogen-bond donors (Lipinski definition) is 1. The highest BCUT2D eigenvalue weighted by Crippen LogP contribution is 2.62. The molecule has 6 rings (SSSR count). The van der Waals surface area contributed by atoms with Crippen molar-refractivity contribution in [1.82, 2.24) is 0 Å². The van der Waals surface area contributed by atoms with Gasteiger partial charge in [0.15, 0.2) is 5.79 Å². The molecule has 4 atom stereocenters. The third kappa shape index (κ3) is 5.02. The zero-order valence-corrected chi connectivity index (χ0v) is 24.5. The molecule has 0 amide bonds. The zero-order chi connectivity index (χ0) is 21.1. The Balaban J connectivity index is 0.00000108. The van der Waals surface area contributed by atoms with Gasteiger partial charge in [-0.2, -0.15) is 54.0 Å². The van der Waals surface area contributed by atoms with Crippen molar-refractivity contribution in [2.24, 2.45) is 17.3 Å². The Morgan fingerprint density at radius 1 is 0.943 bits per heavy atom. The summed E-state index contributed by atoms with van der Waals surface area (Å²) >= 11 is 0. The molecule has 0 radical (unpaired) electrons. The molecule has 1 heterocycles. The zero-order valence-electron chi connectivity index (χ0n) is 20.5. The minimum atomic E-state index is -0.910. The first-order valence-corrected chi connectivity index (χ1v) is 12.0. The van der Waals surface area contributed by atoms with Gasteiger partial charge in [0, 0.05) is 23.8 Å². The number of allylic oxidation sites excluding steroid dienone is 3. The van der Waals surface area contributed by atoms with Crippen LogP contribution >= 0.6 is 54.0 Å². The summed E-state index contributed by atoms with van der Waals surface area (Å²) in [6.07, 6.45) is 10.5. The lowest BCUT2D eigenvalue weighted by Gasteiger charge is -2.50. The average Bonchev–Trinajstić information content (AvgIpc) is 3.35. The van der Waals surface area contributed by atoms with E-state index in [4.69, 9.17) is 9.47 Å². The summed E-state index contributed by atoms with van der Waals surface area (Å²) in [7, 11) is 0. The number of ether oxygens (including phenoxy) is 2. The van der Waals surface area contributed by atoms with Crippen LogP contribution in [0.4, 0.5) is 0 Å². The summed E-state index contributed by atoms with van der Waals surface area (Å²) in [6.45, 7) is 3.76. The maximum Gasteiger partial charge on any atom is 0.172 e. The van der Waals surface area contributed by atoms with E-state index in [0.29, 0.717) is 11.8 Å². The molecule has 0 aromatic heterocycles. The van der Waals surface area contributed by atoms with Crippen molar-refractivity contribution in [1.29, 1.82) is 0 Å². The van der Waals surface area contributed by atoms with E-state index in [9.17, 15) is 5.11 Å². The normalized spacial score (nSPS) is 33.7. The summed E-state index contributed by atoms with van der Waals surface area (Å²) < 4.78 is 12.0. The molecule has 3 nitrogen and oxygen atoms in total. The predicted octanol–water partition coefficient (Wildman–Crippen LogP) is 5.60. The Kier molecular flexibility index (Phi) is 10.1. The van der Waals surface area contributed by atoms with Gasteiger partial charge >= 0.3 is 0 Å². The van der Waals surface area contributed by atoms with Gasteiger partial charge in [0.2, 0.25) is 0 Å². The van der Waals surface area contributed by atoms with Crippen LogP contribution in [0.5, 0.6) is 0 Å². The van der Waals surface area contributed by atoms with E-state index >= 15 is 0 Å². The summed E-state index contributed by atoms with van der Waals surface area (Å²) in [5.74, 6) is 7.33. The lowest BCUT2D eigenvalue weighted by molar-refractivity contribution is -0.164. The summed E-state index contributed by atoms with van der Waals surface area (Å²) in [4.78, 5) is 0. The Labute approximate surface area is 238 Å². The van der Waals surface area contributed by atoms with Crippen molar-refractivity contribution >= 4 is 54.0 Å². The molecule has 0 bridgehead atoms. The topological polar surface area (TPSA) is 38.7 Å². The maximum absolute atomic E-state index is 11.7. The van der Waals surface area contributed by atoms with E-state index in [0.717, 1.165) is 63.7 Å². The standard InChI is InChI=1S/C28H32O3.4H2S/c1-26-13-10-23-22-11-16-28(30-17-18-31-28)19-21(22)7-8-24(23)25(26)12-15-27(26,29)14-9-20-5-3-2-4-6-20;;;;/h2-6,10,24-25,29H,7-8,11-13,15-19H2,1H3;4*1H2/t24-,25+,26+,27+;;;;/m1..../s1. The van der Waals surface area contributed by atoms with Crippen LogP contribution in [-0.2, 0) is 9.47 Å². The fourth-order valence-electron chi connectivity index (χ4n) is 7.21. The van der Waals surface area contributed by atoms with E-state index < -0.39 is 5.60 Å². The molecule has 1 saturated carbocycles. The highest BCUT2D eigenvalue weighted by atomic mass is 32.1. The minimum absolute atomic E-state index is 0. The van der Waals surface area contributed by atoms with Gasteiger partial charge in [0.05, 0.1) is 13.2 Å². The maximum atomic E-state index is 11.7. The molecule has 1 aromatic carbocycles. The Hall–Kier alpha value is -0.460. The van der Waals surface area contributed by atoms with Gasteiger partial charge in [0.25, 0.3) is 0 Å². The van der Waals surface area contributed by atoms with Crippen LogP contribution in [0.3, 0.4) is 0 Å². The molecule has 194 valence electrons. The monoisotopic (exact) mass is 552 g/mol. The molecule has 7 heteroatoms. The van der Waals surface area contributed by atoms with Crippen molar-refractivity contribution in [2.45, 2.75) is 69.7 Å². The molecule has 1 aliphatic heterocycles. The van der Waals surface area contributed by atoms with Crippen molar-refractivity contribution in [3.8, 4) is 11.8 Å². The molecule has 2 fully saturated rings. The molecule has 1 aromatic rings. The highest BCUT2D eigenvalue weighted by Gasteiger charge is 2.60. The molecule has 1 spiro atoms. The molecular formula is C28H40O3S4. The van der Waals surface area contributed by atoms with Crippen LogP contribution in [-0.4, -0.2) is 29.7 Å². The highest BCUT2D eigenvalue weighted by molar-refractivity contribution is 7.59. The molecular weight excluding hydrogens is 513 g/mol. The largest absolute Gasteiger partial charge is 0.377 e. The second-order valence-electron chi connectivity index (χ2n) is 10.4. The van der Waals surface area contributed by atoms with Crippen molar-refractivity contribution in [3.05, 3.63) is 58.7 Å². The first-order valence-electron chi connectivity index (χ1n) is 12.0. The number of fused-ring (bicyclic) bond motifs is 4. The third-order valence-corrected chi connectivity index (χ3v) is 8.98. The van der Waals surface area contributed by atoms with Crippen LogP contribution in [0.25, 0.3) is 0 Å². The Morgan fingerprint density at radius 2 is 1.66 bits per heavy atom. The van der Waals surface area contributed by atoms with Crippen LogP contribution in [0.1, 0.15) is 63.9 Å². The van der Waals surface area contributed by atoms with Crippen molar-refractivity contribution in [2.75, 3.05) is 13.2 Å². The van der Waals surface area contributed by atoms with Crippen LogP contribution in [0.2, 0.25) is 0 Å². The van der Waals surface area contributed by atoms with E-state index in [1.807, 2.05) is 30.3 Å².